The summed E-state index contributed by atoms with van der Waals surface area (Å²) >= 11 is -2.61. The maximum Gasteiger partial charge on any atom is 0.299 e. The highest BCUT2D eigenvalue weighted by Gasteiger charge is 2.27. The number of ether oxygens (including phenoxy) is 3. The second-order valence-corrected chi connectivity index (χ2v) is 15.0. The number of hydrogen-bond donors (Lipinski definition) is 6. The van der Waals surface area contributed by atoms with Crippen LogP contribution in [0.1, 0.15) is 207 Å². The predicted molar refractivity (Wildman–Crippen MR) is 218 cm³/mol. The summed E-state index contributed by atoms with van der Waals surface area (Å²) in [5, 5.41) is 19.2. The normalized spacial score (nSPS) is 11.9. The van der Waals surface area contributed by atoms with Crippen molar-refractivity contribution in [3.05, 3.63) is 0 Å². The maximum absolute atomic E-state index is 10.5. The minimum atomic E-state index is -2.61. The van der Waals surface area contributed by atoms with Gasteiger partial charge in [-0.15, -0.1) is 0 Å². The lowest BCUT2D eigenvalue weighted by molar-refractivity contribution is -0.104. The molecule has 0 aliphatic rings. The topological polar surface area (TPSA) is 196 Å². The van der Waals surface area contributed by atoms with Gasteiger partial charge in [0.2, 0.25) is 0 Å². The van der Waals surface area contributed by atoms with Crippen LogP contribution in [0.4, 0.5) is 0 Å². The average Bonchev–Trinajstić information content (AvgIpc) is 3.05. The van der Waals surface area contributed by atoms with E-state index in [9.17, 15) is 5.11 Å². The molecular formula is C40H90N2O8S. The molecule has 0 aromatic carbocycles. The third kappa shape index (κ3) is 54.2. The Hall–Kier alpha value is -0.210. The largest absolute Gasteiger partial charge is 0.394 e. The number of hydrogen-bond acceptors (Lipinski definition) is 8. The van der Waals surface area contributed by atoms with Gasteiger partial charge in [-0.1, -0.05) is 187 Å². The molecule has 0 rings (SSSR count). The molecule has 51 heavy (non-hydrogen) atoms. The van der Waals surface area contributed by atoms with Crippen LogP contribution in [0.2, 0.25) is 0 Å². The molecule has 0 aliphatic heterocycles. The van der Waals surface area contributed by atoms with Crippen molar-refractivity contribution in [2.45, 2.75) is 219 Å². The first-order chi connectivity index (χ1) is 23.8. The van der Waals surface area contributed by atoms with Crippen molar-refractivity contribution in [3.63, 3.8) is 0 Å². The molecule has 0 bridgehead atoms. The molecule has 11 heteroatoms. The van der Waals surface area contributed by atoms with E-state index in [0.717, 1.165) is 12.8 Å². The summed E-state index contributed by atoms with van der Waals surface area (Å²) in [7, 11) is 0. The van der Waals surface area contributed by atoms with Crippen LogP contribution in [0.15, 0.2) is 0 Å². The molecule has 0 saturated carbocycles. The Kier molecular flexibility index (Phi) is 53.9. The van der Waals surface area contributed by atoms with Crippen LogP contribution >= 0.6 is 0 Å². The highest BCUT2D eigenvalue weighted by Crippen LogP contribution is 2.21. The van der Waals surface area contributed by atoms with Gasteiger partial charge in [0, 0.05) is 0 Å². The van der Waals surface area contributed by atoms with Gasteiger partial charge in [0.1, 0.15) is 0 Å². The third-order valence-corrected chi connectivity index (χ3v) is 9.26. The minimum Gasteiger partial charge on any atom is -0.394 e. The standard InChI is InChI=1S/C40H82O5.2H3N.H2O3S/c1-4-5-6-7-8-9-10-11-12-13-14-15-16-17-18-19-20-21-22-23-24-25-26-27-28-29-30-31-32-39(40(2,3)42)45-38-37-44-36-35-43-34-33-41;;;1-4(2)3/h39,41-42H,4-38H2,1-3H3;2*1H3;(H2,1,2,3). The number of rotatable bonds is 39. The highest BCUT2D eigenvalue weighted by atomic mass is 32.2. The molecule has 0 aromatic rings. The maximum atomic E-state index is 10.5. The summed E-state index contributed by atoms with van der Waals surface area (Å²) in [5.74, 6) is 0. The second kappa shape index (κ2) is 47.8. The van der Waals surface area contributed by atoms with Crippen molar-refractivity contribution in [2.75, 3.05) is 39.6 Å². The molecule has 314 valence electrons. The lowest BCUT2D eigenvalue weighted by Crippen LogP contribution is -2.39. The van der Waals surface area contributed by atoms with Gasteiger partial charge in [0.05, 0.1) is 51.3 Å². The van der Waals surface area contributed by atoms with Gasteiger partial charge in [-0.2, -0.15) is 4.21 Å². The molecule has 10 nitrogen and oxygen atoms in total. The van der Waals surface area contributed by atoms with E-state index in [1.54, 1.807) is 0 Å². The van der Waals surface area contributed by atoms with E-state index >= 15 is 0 Å². The first kappa shape index (κ1) is 57.5. The summed E-state index contributed by atoms with van der Waals surface area (Å²) in [6, 6.07) is 0. The van der Waals surface area contributed by atoms with Crippen LogP contribution in [-0.2, 0) is 25.6 Å². The van der Waals surface area contributed by atoms with Gasteiger partial charge in [0.15, 0.2) is 0 Å². The van der Waals surface area contributed by atoms with Crippen molar-refractivity contribution >= 4 is 11.4 Å². The lowest BCUT2D eigenvalue weighted by Gasteiger charge is -2.29. The monoisotopic (exact) mass is 759 g/mol. The molecule has 10 N–H and O–H groups in total. The van der Waals surface area contributed by atoms with Gasteiger partial charge in [-0.25, -0.2) is 0 Å². The van der Waals surface area contributed by atoms with Gasteiger partial charge < -0.3 is 36.7 Å². The highest BCUT2D eigenvalue weighted by molar-refractivity contribution is 7.73. The second-order valence-electron chi connectivity index (χ2n) is 14.5. The van der Waals surface area contributed by atoms with E-state index in [1.165, 1.54) is 173 Å². The van der Waals surface area contributed by atoms with Gasteiger partial charge in [-0.05, 0) is 20.3 Å². The SMILES string of the molecule is CCCCCCCCCCCCCCCCCCCCCCCCCCCCCCC(OCCOCCOCCO)C(C)(C)O.N.N.O=S(O)O. The van der Waals surface area contributed by atoms with Crippen molar-refractivity contribution in [3.8, 4) is 0 Å². The van der Waals surface area contributed by atoms with E-state index in [2.05, 4.69) is 6.92 Å². The van der Waals surface area contributed by atoms with E-state index in [1.807, 2.05) is 13.8 Å². The van der Waals surface area contributed by atoms with Crippen LogP contribution in [0.5, 0.6) is 0 Å². The smallest absolute Gasteiger partial charge is 0.299 e. The zero-order chi connectivity index (χ0) is 36.5. The Morgan fingerprint density at radius 2 is 0.745 bits per heavy atom. The van der Waals surface area contributed by atoms with Crippen molar-refractivity contribution in [1.29, 1.82) is 0 Å². The molecule has 0 aromatic heterocycles. The van der Waals surface area contributed by atoms with Crippen LogP contribution < -0.4 is 12.3 Å². The first-order valence-electron chi connectivity index (χ1n) is 20.7. The van der Waals surface area contributed by atoms with Crippen molar-refractivity contribution < 1.29 is 37.7 Å². The molecule has 0 heterocycles. The Labute approximate surface area is 319 Å². The quantitative estimate of drug-likeness (QED) is 0.0259. The molecule has 0 radical (unpaired) electrons. The zero-order valence-corrected chi connectivity index (χ0v) is 34.9. The molecule has 1 unspecified atom stereocenters. The van der Waals surface area contributed by atoms with Crippen LogP contribution in [0.3, 0.4) is 0 Å². The average molecular weight is 759 g/mol. The van der Waals surface area contributed by atoms with Gasteiger partial charge in [0.25, 0.3) is 11.4 Å². The Bertz CT molecular complexity index is 640. The molecule has 1 atom stereocenters. The first-order valence-corrected chi connectivity index (χ1v) is 21.7. The van der Waals surface area contributed by atoms with Crippen molar-refractivity contribution in [2.24, 2.45) is 0 Å². The fourth-order valence-corrected chi connectivity index (χ4v) is 6.28. The van der Waals surface area contributed by atoms with E-state index in [0.29, 0.717) is 33.0 Å². The fourth-order valence-electron chi connectivity index (χ4n) is 6.28. The Balaban J connectivity index is -0.00000174. The van der Waals surface area contributed by atoms with Gasteiger partial charge >= 0.3 is 0 Å². The molecular weight excluding hydrogens is 669 g/mol. The summed E-state index contributed by atoms with van der Waals surface area (Å²) in [4.78, 5) is 0. The molecule has 0 amide bonds. The van der Waals surface area contributed by atoms with Gasteiger partial charge in [-0.3, -0.25) is 9.11 Å². The Morgan fingerprint density at radius 3 is 1.02 bits per heavy atom. The number of aliphatic hydroxyl groups is 2. The fraction of sp³-hybridized carbons (Fsp3) is 1.00. The minimum absolute atomic E-state index is 0. The molecule has 0 saturated heterocycles. The van der Waals surface area contributed by atoms with Crippen LogP contribution in [0.25, 0.3) is 0 Å². The predicted octanol–water partition coefficient (Wildman–Crippen LogP) is 11.5. The van der Waals surface area contributed by atoms with E-state index in [4.69, 9.17) is 32.6 Å². The molecule has 0 aliphatic carbocycles. The van der Waals surface area contributed by atoms with Crippen LogP contribution in [0, 0.1) is 0 Å². The van der Waals surface area contributed by atoms with Crippen molar-refractivity contribution in [1.82, 2.24) is 12.3 Å². The summed E-state index contributed by atoms with van der Waals surface area (Å²) in [5.41, 5.74) is -0.837. The zero-order valence-electron chi connectivity index (χ0n) is 34.1. The summed E-state index contributed by atoms with van der Waals surface area (Å²) in [6.45, 7) is 8.31. The lowest BCUT2D eigenvalue weighted by atomic mass is 9.95. The number of unbranched alkanes of at least 4 members (excludes halogenated alkanes) is 27. The summed E-state index contributed by atoms with van der Waals surface area (Å²) in [6.07, 6.45) is 40.3. The Morgan fingerprint density at radius 1 is 0.490 bits per heavy atom. The molecule has 0 fully saturated rings. The van der Waals surface area contributed by atoms with Crippen LogP contribution in [-0.4, -0.2) is 74.9 Å². The number of aliphatic hydroxyl groups excluding tert-OH is 1. The summed E-state index contributed by atoms with van der Waals surface area (Å²) < 4.78 is 39.4. The third-order valence-electron chi connectivity index (χ3n) is 9.26. The molecule has 0 spiro atoms. The van der Waals surface area contributed by atoms with E-state index in [-0.39, 0.29) is 25.0 Å². The van der Waals surface area contributed by atoms with E-state index < -0.39 is 17.0 Å².